The second-order valence-corrected chi connectivity index (χ2v) is 7.85. The Balaban J connectivity index is 0. The van der Waals surface area contributed by atoms with E-state index < -0.39 is 5.97 Å². The van der Waals surface area contributed by atoms with Crippen LogP contribution in [0.25, 0.3) is 0 Å². The summed E-state index contributed by atoms with van der Waals surface area (Å²) in [6.45, 7) is 2.28. The molecular formula is C24H46O2Os. The van der Waals surface area contributed by atoms with Crippen LogP contribution < -0.4 is 0 Å². The summed E-state index contributed by atoms with van der Waals surface area (Å²) in [5.41, 5.74) is 0. The van der Waals surface area contributed by atoms with Crippen molar-refractivity contribution in [1.29, 1.82) is 0 Å². The Kier molecular flexibility index (Phi) is 27.8. The number of carbonyl (C=O) groups is 1. The quantitative estimate of drug-likeness (QED) is 0.114. The molecule has 0 heterocycles. The van der Waals surface area contributed by atoms with Crippen molar-refractivity contribution in [3.8, 4) is 0 Å². The van der Waals surface area contributed by atoms with Gasteiger partial charge in [-0.05, 0) is 32.1 Å². The molecule has 162 valence electrons. The van der Waals surface area contributed by atoms with Crippen molar-refractivity contribution in [2.45, 2.75) is 135 Å². The number of carboxylic acid groups (broad SMARTS) is 1. The molecule has 0 spiro atoms. The predicted octanol–water partition coefficient (Wildman–Crippen LogP) is 8.45. The molecule has 0 atom stereocenters. The third-order valence-electron chi connectivity index (χ3n) is 5.15. The topological polar surface area (TPSA) is 37.3 Å². The molecule has 0 bridgehead atoms. The van der Waals surface area contributed by atoms with Crippen molar-refractivity contribution in [2.24, 2.45) is 0 Å². The van der Waals surface area contributed by atoms with Crippen LogP contribution in [0.2, 0.25) is 0 Å². The molecule has 0 saturated heterocycles. The monoisotopic (exact) mass is 558 g/mol. The number of carboxylic acids is 1. The molecular weight excluding hydrogens is 510 g/mol. The summed E-state index contributed by atoms with van der Waals surface area (Å²) >= 11 is 0. The van der Waals surface area contributed by atoms with Crippen LogP contribution in [0.4, 0.5) is 0 Å². The molecule has 0 rings (SSSR count). The van der Waals surface area contributed by atoms with Gasteiger partial charge in [0.25, 0.3) is 0 Å². The first-order chi connectivity index (χ1) is 12.8. The number of unbranched alkanes of at least 4 members (excludes halogenated alkanes) is 17. The van der Waals surface area contributed by atoms with E-state index in [1.165, 1.54) is 109 Å². The molecule has 0 saturated carbocycles. The number of allylic oxidation sites excluding steroid dienone is 2. The summed E-state index contributed by atoms with van der Waals surface area (Å²) in [4.78, 5) is 10.4. The maximum Gasteiger partial charge on any atom is 0.303 e. The van der Waals surface area contributed by atoms with Crippen LogP contribution >= 0.6 is 0 Å². The Morgan fingerprint density at radius 3 is 1.30 bits per heavy atom. The zero-order valence-corrected chi connectivity index (χ0v) is 20.5. The van der Waals surface area contributed by atoms with Crippen LogP contribution in [-0.4, -0.2) is 11.1 Å². The SMILES string of the molecule is CCCCCCCC/C=C\CCCCCCCCCCCCCC(=O)O.[Os]. The van der Waals surface area contributed by atoms with Crippen LogP contribution in [0.15, 0.2) is 12.2 Å². The summed E-state index contributed by atoms with van der Waals surface area (Å²) in [6.07, 6.45) is 30.1. The van der Waals surface area contributed by atoms with E-state index >= 15 is 0 Å². The zero-order valence-electron chi connectivity index (χ0n) is 18.0. The summed E-state index contributed by atoms with van der Waals surface area (Å²) < 4.78 is 0. The van der Waals surface area contributed by atoms with Gasteiger partial charge in [0.05, 0.1) is 0 Å². The van der Waals surface area contributed by atoms with E-state index in [0.29, 0.717) is 6.42 Å². The molecule has 0 aromatic carbocycles. The molecule has 0 radical (unpaired) electrons. The Labute approximate surface area is 183 Å². The molecule has 0 aliphatic heterocycles. The third kappa shape index (κ3) is 28.2. The van der Waals surface area contributed by atoms with Gasteiger partial charge < -0.3 is 5.11 Å². The van der Waals surface area contributed by atoms with Gasteiger partial charge in [-0.3, -0.25) is 4.79 Å². The second kappa shape index (κ2) is 25.8. The van der Waals surface area contributed by atoms with E-state index in [9.17, 15) is 4.79 Å². The Hall–Kier alpha value is -0.154. The smallest absolute Gasteiger partial charge is 0.303 e. The average molecular weight is 557 g/mol. The minimum absolute atomic E-state index is 0. The number of hydrogen-bond acceptors (Lipinski definition) is 1. The molecule has 0 aliphatic carbocycles. The molecule has 0 unspecified atom stereocenters. The molecule has 27 heavy (non-hydrogen) atoms. The minimum Gasteiger partial charge on any atom is -0.481 e. The molecule has 0 aromatic heterocycles. The van der Waals surface area contributed by atoms with Crippen LogP contribution in [0, 0.1) is 0 Å². The normalized spacial score (nSPS) is 11.0. The molecule has 2 nitrogen and oxygen atoms in total. The maximum absolute atomic E-state index is 10.4. The molecule has 1 N–H and O–H groups in total. The van der Waals surface area contributed by atoms with Gasteiger partial charge in [-0.2, -0.15) is 0 Å². The molecule has 0 fully saturated rings. The van der Waals surface area contributed by atoms with E-state index in [-0.39, 0.29) is 19.8 Å². The van der Waals surface area contributed by atoms with Crippen molar-refractivity contribution in [1.82, 2.24) is 0 Å². The Morgan fingerprint density at radius 1 is 0.593 bits per heavy atom. The number of rotatable bonds is 21. The first-order valence-electron chi connectivity index (χ1n) is 11.6. The van der Waals surface area contributed by atoms with E-state index in [0.717, 1.165) is 12.8 Å². The molecule has 0 amide bonds. The van der Waals surface area contributed by atoms with E-state index in [2.05, 4.69) is 19.1 Å². The van der Waals surface area contributed by atoms with Crippen molar-refractivity contribution in [3.05, 3.63) is 12.2 Å². The van der Waals surface area contributed by atoms with Crippen molar-refractivity contribution < 1.29 is 29.7 Å². The first kappa shape index (κ1) is 29.1. The van der Waals surface area contributed by atoms with Crippen molar-refractivity contribution >= 4 is 5.97 Å². The van der Waals surface area contributed by atoms with Gasteiger partial charge in [-0.15, -0.1) is 0 Å². The molecule has 3 heteroatoms. The fraction of sp³-hybridized carbons (Fsp3) is 0.875. The second-order valence-electron chi connectivity index (χ2n) is 7.85. The van der Waals surface area contributed by atoms with Crippen LogP contribution in [-0.2, 0) is 24.6 Å². The Morgan fingerprint density at radius 2 is 0.926 bits per heavy atom. The zero-order chi connectivity index (χ0) is 19.1. The largest absolute Gasteiger partial charge is 0.481 e. The van der Waals surface area contributed by atoms with Crippen LogP contribution in [0.1, 0.15) is 135 Å². The molecule has 0 aliphatic rings. The maximum atomic E-state index is 10.4. The van der Waals surface area contributed by atoms with Gasteiger partial charge in [0, 0.05) is 26.2 Å². The third-order valence-corrected chi connectivity index (χ3v) is 5.15. The standard InChI is InChI=1S/C24H46O2.Os/c1-2-3-4-5-6-7-8-9-10-11-12-13-14-15-16-17-18-19-20-21-22-23-24(25)26;/h9-10H,2-8,11-23H2,1H3,(H,25,26);/b10-9-;. The summed E-state index contributed by atoms with van der Waals surface area (Å²) in [6, 6.07) is 0. The Bertz CT molecular complexity index is 316. The number of aliphatic carboxylic acids is 1. The van der Waals surface area contributed by atoms with Gasteiger partial charge in [0.15, 0.2) is 0 Å². The van der Waals surface area contributed by atoms with Gasteiger partial charge >= 0.3 is 5.97 Å². The first-order valence-corrected chi connectivity index (χ1v) is 11.6. The molecule has 0 aromatic rings. The summed E-state index contributed by atoms with van der Waals surface area (Å²) in [5, 5.41) is 8.57. The summed E-state index contributed by atoms with van der Waals surface area (Å²) in [5.74, 6) is -0.654. The van der Waals surface area contributed by atoms with E-state index in [1.807, 2.05) is 0 Å². The van der Waals surface area contributed by atoms with Gasteiger partial charge in [0.2, 0.25) is 0 Å². The van der Waals surface area contributed by atoms with Crippen molar-refractivity contribution in [2.75, 3.05) is 0 Å². The van der Waals surface area contributed by atoms with Crippen LogP contribution in [0.5, 0.6) is 0 Å². The van der Waals surface area contributed by atoms with Crippen LogP contribution in [0.3, 0.4) is 0 Å². The predicted molar refractivity (Wildman–Crippen MR) is 115 cm³/mol. The number of hydrogen-bond donors (Lipinski definition) is 1. The average Bonchev–Trinajstić information content (AvgIpc) is 2.62. The van der Waals surface area contributed by atoms with E-state index in [1.54, 1.807) is 0 Å². The summed E-state index contributed by atoms with van der Waals surface area (Å²) in [7, 11) is 0. The van der Waals surface area contributed by atoms with E-state index in [4.69, 9.17) is 5.11 Å². The van der Waals surface area contributed by atoms with Gasteiger partial charge in [-0.1, -0.05) is 109 Å². The fourth-order valence-corrected chi connectivity index (χ4v) is 3.41. The fourth-order valence-electron chi connectivity index (χ4n) is 3.41. The van der Waals surface area contributed by atoms with Gasteiger partial charge in [0.1, 0.15) is 0 Å². The minimum atomic E-state index is -0.654. The van der Waals surface area contributed by atoms with Crippen molar-refractivity contribution in [3.63, 3.8) is 0 Å². The van der Waals surface area contributed by atoms with Gasteiger partial charge in [-0.25, -0.2) is 0 Å².